The summed E-state index contributed by atoms with van der Waals surface area (Å²) >= 11 is 0. The van der Waals surface area contributed by atoms with Crippen LogP contribution in [0.4, 0.5) is 0 Å². The number of ether oxygens (including phenoxy) is 3. The third kappa shape index (κ3) is 1.60. The molecule has 1 fully saturated rings. The molecule has 0 aliphatic carbocycles. The first-order valence-corrected chi connectivity index (χ1v) is 5.45. The van der Waals surface area contributed by atoms with E-state index < -0.39 is 6.29 Å². The molecule has 3 rings (SSSR count). The van der Waals surface area contributed by atoms with Gasteiger partial charge >= 0.3 is 0 Å². The summed E-state index contributed by atoms with van der Waals surface area (Å²) in [4.78, 5) is 5.21. The van der Waals surface area contributed by atoms with Crippen LogP contribution < -0.4 is 0 Å². The normalized spacial score (nSPS) is 36.5. The van der Waals surface area contributed by atoms with E-state index >= 15 is 0 Å². The Labute approximate surface area is 94.0 Å². The van der Waals surface area contributed by atoms with Crippen LogP contribution in [0, 0.1) is 5.41 Å². The number of fused-ring (bicyclic) bond motifs is 1. The fourth-order valence-corrected chi connectivity index (χ4v) is 1.93. The molecule has 0 N–H and O–H groups in total. The molecule has 0 aromatic heterocycles. The average Bonchev–Trinajstić information content (AvgIpc) is 2.80. The first kappa shape index (κ1) is 10.1. The third-order valence-corrected chi connectivity index (χ3v) is 2.86. The van der Waals surface area contributed by atoms with E-state index in [4.69, 9.17) is 19.0 Å². The van der Waals surface area contributed by atoms with Crippen LogP contribution in [0.5, 0.6) is 0 Å². The lowest BCUT2D eigenvalue weighted by molar-refractivity contribution is -0.189. The Morgan fingerprint density at radius 2 is 2.06 bits per heavy atom. The molecule has 0 spiro atoms. The third-order valence-electron chi connectivity index (χ3n) is 2.86. The minimum absolute atomic E-state index is 0.0602. The fraction of sp³-hybridized carbons (Fsp3) is 0.727. The molecule has 3 aliphatic heterocycles. The molecule has 0 aromatic carbocycles. The molecule has 16 heavy (non-hydrogen) atoms. The maximum Gasteiger partial charge on any atom is 0.204 e. The Balaban J connectivity index is 1.67. The van der Waals surface area contributed by atoms with Crippen molar-refractivity contribution in [1.29, 1.82) is 0 Å². The molecule has 2 atom stereocenters. The number of hydrogen-bond donors (Lipinski definition) is 0. The smallest absolute Gasteiger partial charge is 0.204 e. The van der Waals surface area contributed by atoms with Crippen LogP contribution in [-0.4, -0.2) is 37.4 Å². The molecule has 0 saturated carbocycles. The van der Waals surface area contributed by atoms with Crippen LogP contribution in [0.15, 0.2) is 17.5 Å². The van der Waals surface area contributed by atoms with Gasteiger partial charge in [0.05, 0.1) is 19.5 Å². The van der Waals surface area contributed by atoms with Gasteiger partial charge in [-0.25, -0.2) is 0 Å². The topological polar surface area (TPSA) is 49.3 Å². The van der Waals surface area contributed by atoms with Gasteiger partial charge in [0.1, 0.15) is 0 Å². The predicted molar refractivity (Wildman–Crippen MR) is 55.8 cm³/mol. The summed E-state index contributed by atoms with van der Waals surface area (Å²) in [5.41, 5.74) is 0.760. The minimum atomic E-state index is -0.428. The molecule has 88 valence electrons. The van der Waals surface area contributed by atoms with Gasteiger partial charge in [0.2, 0.25) is 6.29 Å². The Hall–Kier alpha value is -1.07. The van der Waals surface area contributed by atoms with Crippen molar-refractivity contribution in [1.82, 2.24) is 0 Å². The van der Waals surface area contributed by atoms with Gasteiger partial charge in [-0.05, 0) is 6.08 Å². The molecule has 0 aromatic rings. The Kier molecular flexibility index (Phi) is 2.19. The maximum atomic E-state index is 5.64. The van der Waals surface area contributed by atoms with Crippen molar-refractivity contribution in [3.63, 3.8) is 0 Å². The van der Waals surface area contributed by atoms with Crippen molar-refractivity contribution in [3.05, 3.63) is 12.3 Å². The van der Waals surface area contributed by atoms with Crippen LogP contribution in [0.25, 0.3) is 0 Å². The molecule has 0 unspecified atom stereocenters. The first-order valence-electron chi connectivity index (χ1n) is 5.45. The summed E-state index contributed by atoms with van der Waals surface area (Å²) in [5, 5.41) is 3.98. The number of hydrogen-bond acceptors (Lipinski definition) is 5. The van der Waals surface area contributed by atoms with Crippen LogP contribution in [-0.2, 0) is 19.0 Å². The van der Waals surface area contributed by atoms with E-state index in [0.29, 0.717) is 18.9 Å². The van der Waals surface area contributed by atoms with E-state index in [-0.39, 0.29) is 17.6 Å². The van der Waals surface area contributed by atoms with E-state index in [2.05, 4.69) is 19.0 Å². The average molecular weight is 225 g/mol. The van der Waals surface area contributed by atoms with Gasteiger partial charge in [0, 0.05) is 5.41 Å². The second kappa shape index (κ2) is 3.46. The molecule has 5 nitrogen and oxygen atoms in total. The van der Waals surface area contributed by atoms with Gasteiger partial charge in [-0.3, -0.25) is 0 Å². The monoisotopic (exact) mass is 225 g/mol. The van der Waals surface area contributed by atoms with Gasteiger partial charge in [-0.1, -0.05) is 19.0 Å². The molecule has 0 bridgehead atoms. The van der Waals surface area contributed by atoms with E-state index in [1.54, 1.807) is 6.26 Å². The van der Waals surface area contributed by atoms with Crippen LogP contribution in [0.2, 0.25) is 0 Å². The molecule has 3 heterocycles. The minimum Gasteiger partial charge on any atom is -0.488 e. The highest BCUT2D eigenvalue weighted by Crippen LogP contribution is 2.29. The largest absolute Gasteiger partial charge is 0.488 e. The van der Waals surface area contributed by atoms with E-state index in [9.17, 15) is 0 Å². The van der Waals surface area contributed by atoms with Crippen molar-refractivity contribution < 1.29 is 19.0 Å². The molecule has 0 amide bonds. The zero-order chi connectivity index (χ0) is 11.2. The predicted octanol–water partition coefficient (Wildman–Crippen LogP) is 1.05. The second-order valence-electron chi connectivity index (χ2n) is 5.09. The summed E-state index contributed by atoms with van der Waals surface area (Å²) in [6.45, 7) is 5.52. The van der Waals surface area contributed by atoms with E-state index in [1.165, 1.54) is 0 Å². The van der Waals surface area contributed by atoms with Gasteiger partial charge in [-0.15, -0.1) is 0 Å². The summed E-state index contributed by atoms with van der Waals surface area (Å²) in [6, 6.07) is 0. The maximum absolute atomic E-state index is 5.64. The highest BCUT2D eigenvalue weighted by atomic mass is 16.7. The lowest BCUT2D eigenvalue weighted by atomic mass is 9.95. The summed E-state index contributed by atoms with van der Waals surface area (Å²) in [7, 11) is 0. The van der Waals surface area contributed by atoms with Crippen molar-refractivity contribution in [3.8, 4) is 0 Å². The molecule has 1 saturated heterocycles. The number of oxime groups is 1. The second-order valence-corrected chi connectivity index (χ2v) is 5.09. The first-order chi connectivity index (χ1) is 7.66. The van der Waals surface area contributed by atoms with Crippen molar-refractivity contribution >= 4 is 5.71 Å². The van der Waals surface area contributed by atoms with Crippen LogP contribution in [0.1, 0.15) is 13.8 Å². The Morgan fingerprint density at radius 3 is 2.81 bits per heavy atom. The lowest BCUT2D eigenvalue weighted by Gasteiger charge is -2.34. The molecule has 5 heteroatoms. The van der Waals surface area contributed by atoms with Gasteiger partial charge in [-0.2, -0.15) is 0 Å². The Bertz CT molecular complexity index is 340. The van der Waals surface area contributed by atoms with Crippen molar-refractivity contribution in [2.75, 3.05) is 13.2 Å². The Morgan fingerprint density at radius 1 is 1.31 bits per heavy atom. The van der Waals surface area contributed by atoms with Crippen LogP contribution in [0.3, 0.4) is 0 Å². The van der Waals surface area contributed by atoms with E-state index in [0.717, 1.165) is 0 Å². The molecule has 0 radical (unpaired) electrons. The SMILES string of the molecule is CC1(C)COC(C2=NO[C@H]3C=CO[C@@H]23)OC1. The molecular weight excluding hydrogens is 210 g/mol. The zero-order valence-corrected chi connectivity index (χ0v) is 9.38. The molecule has 3 aliphatic rings. The van der Waals surface area contributed by atoms with Gasteiger partial charge < -0.3 is 19.0 Å². The van der Waals surface area contributed by atoms with Crippen LogP contribution >= 0.6 is 0 Å². The summed E-state index contributed by atoms with van der Waals surface area (Å²) in [5.74, 6) is 0. The van der Waals surface area contributed by atoms with E-state index in [1.807, 2.05) is 6.08 Å². The number of rotatable bonds is 1. The highest BCUT2D eigenvalue weighted by Gasteiger charge is 2.44. The van der Waals surface area contributed by atoms with Crippen molar-refractivity contribution in [2.45, 2.75) is 32.3 Å². The van der Waals surface area contributed by atoms with Crippen molar-refractivity contribution in [2.24, 2.45) is 10.6 Å². The standard InChI is InChI=1S/C11H15NO4/c1-11(2)5-14-10(15-6-11)8-9-7(16-12-8)3-4-13-9/h3-4,7,9-10H,5-6H2,1-2H3/t7-,9+/m0/s1. The number of nitrogens with zero attached hydrogens (tertiary/aromatic N) is 1. The fourth-order valence-electron chi connectivity index (χ4n) is 1.93. The zero-order valence-electron chi connectivity index (χ0n) is 9.38. The quantitative estimate of drug-likeness (QED) is 0.669. The van der Waals surface area contributed by atoms with Gasteiger partial charge in [0.15, 0.2) is 17.9 Å². The lowest BCUT2D eigenvalue weighted by Crippen LogP contribution is -2.45. The van der Waals surface area contributed by atoms with Gasteiger partial charge in [0.25, 0.3) is 0 Å². The highest BCUT2D eigenvalue weighted by molar-refractivity contribution is 5.93. The summed E-state index contributed by atoms with van der Waals surface area (Å²) in [6.07, 6.45) is 2.76. The molecular formula is C11H15NO4. The summed E-state index contributed by atoms with van der Waals surface area (Å²) < 4.78 is 16.7.